The number of aliphatic imine (C=N–C) groups is 1. The van der Waals surface area contributed by atoms with Gasteiger partial charge in [-0.1, -0.05) is 110 Å². The first-order valence-electron chi connectivity index (χ1n) is 19.5. The lowest BCUT2D eigenvalue weighted by Crippen LogP contribution is -2.53. The molecule has 4 heteroatoms. The number of likely N-dealkylation sites (N-methyl/N-ethyl adjacent to an activating group) is 1. The van der Waals surface area contributed by atoms with Crippen molar-refractivity contribution in [3.63, 3.8) is 0 Å². The fourth-order valence-corrected chi connectivity index (χ4v) is 11.6. The first-order valence-corrected chi connectivity index (χ1v) is 19.5. The van der Waals surface area contributed by atoms with Gasteiger partial charge in [0.1, 0.15) is 11.5 Å². The highest BCUT2D eigenvalue weighted by molar-refractivity contribution is 6.10. The Morgan fingerprint density at radius 3 is 2.51 bits per heavy atom. The van der Waals surface area contributed by atoms with E-state index in [1.807, 2.05) is 0 Å². The highest BCUT2D eigenvalue weighted by Crippen LogP contribution is 2.68. The second-order valence-electron chi connectivity index (χ2n) is 17.3. The third-order valence-electron chi connectivity index (χ3n) is 13.8. The van der Waals surface area contributed by atoms with Crippen LogP contribution in [0.4, 0.5) is 0 Å². The highest BCUT2D eigenvalue weighted by atomic mass is 15.4. The van der Waals surface area contributed by atoms with Crippen LogP contribution in [-0.2, 0) is 0 Å². The van der Waals surface area contributed by atoms with Gasteiger partial charge in [-0.2, -0.15) is 0 Å². The minimum Gasteiger partial charge on any atom is -0.347 e. The van der Waals surface area contributed by atoms with Crippen molar-refractivity contribution < 1.29 is 0 Å². The molecule has 0 radical (unpaired) electrons. The summed E-state index contributed by atoms with van der Waals surface area (Å²) in [4.78, 5) is 10.9. The summed E-state index contributed by atoms with van der Waals surface area (Å²) in [6.45, 7) is 9.98. The van der Waals surface area contributed by atoms with E-state index in [-0.39, 0.29) is 28.5 Å². The number of allylic oxidation sites excluding steroid dienone is 9. The highest BCUT2D eigenvalue weighted by Gasteiger charge is 2.67. The molecule has 11 rings (SSSR count). The van der Waals surface area contributed by atoms with Gasteiger partial charge in [0, 0.05) is 34.5 Å². The van der Waals surface area contributed by atoms with Crippen molar-refractivity contribution in [1.82, 2.24) is 14.4 Å². The first-order chi connectivity index (χ1) is 25.7. The predicted octanol–water partition coefficient (Wildman–Crippen LogP) is 10.9. The van der Waals surface area contributed by atoms with Gasteiger partial charge in [0.25, 0.3) is 0 Å². The van der Waals surface area contributed by atoms with E-state index in [1.54, 1.807) is 11.1 Å². The van der Waals surface area contributed by atoms with E-state index in [0.29, 0.717) is 5.92 Å². The van der Waals surface area contributed by atoms with Gasteiger partial charge in [-0.3, -0.25) is 0 Å². The lowest BCUT2D eigenvalue weighted by molar-refractivity contribution is 0.0967. The molecule has 7 aliphatic rings. The van der Waals surface area contributed by atoms with Crippen molar-refractivity contribution in [2.45, 2.75) is 64.6 Å². The molecule has 1 saturated heterocycles. The van der Waals surface area contributed by atoms with Crippen LogP contribution >= 0.6 is 0 Å². The molecule has 1 fully saturated rings. The normalized spacial score (nSPS) is 32.2. The van der Waals surface area contributed by atoms with Crippen LogP contribution in [0.5, 0.6) is 0 Å². The van der Waals surface area contributed by atoms with E-state index >= 15 is 0 Å². The van der Waals surface area contributed by atoms with Crippen molar-refractivity contribution in [1.29, 1.82) is 0 Å². The van der Waals surface area contributed by atoms with Crippen LogP contribution in [0.3, 0.4) is 0 Å². The van der Waals surface area contributed by atoms with Gasteiger partial charge in [0.2, 0.25) is 0 Å². The van der Waals surface area contributed by atoms with Crippen LogP contribution in [0.25, 0.3) is 33.1 Å². The number of para-hydroxylation sites is 2. The molecule has 53 heavy (non-hydrogen) atoms. The largest absolute Gasteiger partial charge is 0.347 e. The molecule has 6 unspecified atom stereocenters. The zero-order chi connectivity index (χ0) is 35.9. The number of hydrogen-bond acceptors (Lipinski definition) is 3. The fourth-order valence-electron chi connectivity index (χ4n) is 11.6. The molecule has 262 valence electrons. The SMILES string of the molecule is CC1C=CC=C(C2(C)CC=C3C4(C)C=C(c5ccc6c(c5)c5ccccc5n6-c5ccccc5)C=C5C6=C(N(C)C7C=CC=CC7=N6)N(C54)C3(C)C2)C1. The molecule has 0 amide bonds. The Bertz CT molecular complexity index is 2580. The van der Waals surface area contributed by atoms with E-state index in [0.717, 1.165) is 30.7 Å². The van der Waals surface area contributed by atoms with Gasteiger partial charge in [-0.15, -0.1) is 0 Å². The molecule has 0 bridgehead atoms. The number of fused-ring (bicyclic) bond motifs is 9. The quantitative estimate of drug-likeness (QED) is 0.200. The second-order valence-corrected chi connectivity index (χ2v) is 17.3. The number of aromatic nitrogens is 1. The minimum absolute atomic E-state index is 0.0913. The zero-order valence-electron chi connectivity index (χ0n) is 31.3. The maximum Gasteiger partial charge on any atom is 0.133 e. The Morgan fingerprint density at radius 1 is 0.849 bits per heavy atom. The van der Waals surface area contributed by atoms with Gasteiger partial charge in [0.15, 0.2) is 0 Å². The van der Waals surface area contributed by atoms with Crippen molar-refractivity contribution in [3.8, 4) is 5.69 Å². The van der Waals surface area contributed by atoms with Crippen LogP contribution in [0.15, 0.2) is 167 Å². The van der Waals surface area contributed by atoms with Crippen molar-refractivity contribution in [3.05, 3.63) is 167 Å². The molecule has 6 atom stereocenters. The van der Waals surface area contributed by atoms with Crippen LogP contribution in [0.1, 0.15) is 52.5 Å². The molecule has 0 saturated carbocycles. The molecule has 4 nitrogen and oxygen atoms in total. The van der Waals surface area contributed by atoms with Gasteiger partial charge in [-0.05, 0) is 104 Å². The van der Waals surface area contributed by atoms with E-state index < -0.39 is 0 Å². The molecule has 3 aromatic carbocycles. The van der Waals surface area contributed by atoms with Crippen LogP contribution in [0, 0.1) is 16.7 Å². The smallest absolute Gasteiger partial charge is 0.133 e. The summed E-state index contributed by atoms with van der Waals surface area (Å²) in [6, 6.07) is 27.1. The number of rotatable bonds is 3. The number of hydrogen-bond donors (Lipinski definition) is 0. The van der Waals surface area contributed by atoms with Gasteiger partial charge in [-0.25, -0.2) is 4.99 Å². The lowest BCUT2D eigenvalue weighted by atomic mass is 9.58. The molecule has 0 spiro atoms. The summed E-state index contributed by atoms with van der Waals surface area (Å²) in [5.74, 6) is 1.87. The summed E-state index contributed by atoms with van der Waals surface area (Å²) < 4.78 is 2.41. The van der Waals surface area contributed by atoms with E-state index in [4.69, 9.17) is 4.99 Å². The van der Waals surface area contributed by atoms with Crippen molar-refractivity contribution in [2.24, 2.45) is 21.7 Å². The Balaban J connectivity index is 1.12. The van der Waals surface area contributed by atoms with Crippen molar-refractivity contribution >= 4 is 33.1 Å². The third kappa shape index (κ3) is 4.10. The summed E-state index contributed by atoms with van der Waals surface area (Å²) >= 11 is 0. The van der Waals surface area contributed by atoms with Crippen LogP contribution < -0.4 is 0 Å². The Kier molecular flexibility index (Phi) is 6.26. The summed E-state index contributed by atoms with van der Waals surface area (Å²) in [7, 11) is 2.29. The fraction of sp³-hybridized carbons (Fsp3) is 0.286. The molecule has 4 aromatic rings. The second kappa shape index (κ2) is 10.6. The Labute approximate surface area is 312 Å². The molecule has 3 aliphatic heterocycles. The molecule has 0 N–H and O–H groups in total. The van der Waals surface area contributed by atoms with Crippen LogP contribution in [0.2, 0.25) is 0 Å². The topological polar surface area (TPSA) is 23.8 Å². The molecular formula is C49H46N4. The molecule has 1 aromatic heterocycles. The van der Waals surface area contributed by atoms with Gasteiger partial charge >= 0.3 is 0 Å². The average Bonchev–Trinajstić information content (AvgIpc) is 3.75. The van der Waals surface area contributed by atoms with Crippen molar-refractivity contribution in [2.75, 3.05) is 7.05 Å². The molecule has 4 heterocycles. The van der Waals surface area contributed by atoms with Gasteiger partial charge < -0.3 is 14.4 Å². The first kappa shape index (κ1) is 31.2. The molecular weight excluding hydrogens is 645 g/mol. The monoisotopic (exact) mass is 690 g/mol. The average molecular weight is 691 g/mol. The van der Waals surface area contributed by atoms with Crippen LogP contribution in [-0.4, -0.2) is 44.7 Å². The summed E-state index contributed by atoms with van der Waals surface area (Å²) in [5.41, 5.74) is 12.8. The van der Waals surface area contributed by atoms with E-state index in [2.05, 4.69) is 183 Å². The Hall–Kier alpha value is -5.35. The maximum absolute atomic E-state index is 5.55. The Morgan fingerprint density at radius 2 is 1.66 bits per heavy atom. The minimum atomic E-state index is -0.189. The summed E-state index contributed by atoms with van der Waals surface area (Å²) in [5, 5.41) is 2.57. The van der Waals surface area contributed by atoms with E-state index in [9.17, 15) is 0 Å². The van der Waals surface area contributed by atoms with E-state index in [1.165, 1.54) is 50.0 Å². The maximum atomic E-state index is 5.55. The lowest BCUT2D eigenvalue weighted by Gasteiger charge is -2.51. The summed E-state index contributed by atoms with van der Waals surface area (Å²) in [6.07, 6.45) is 27.0. The third-order valence-corrected chi connectivity index (χ3v) is 13.8. The zero-order valence-corrected chi connectivity index (χ0v) is 31.3. The predicted molar refractivity (Wildman–Crippen MR) is 220 cm³/mol. The standard InChI is InChI=1S/C49H46N4/c1-31-14-13-15-34(26-31)47(2)25-24-43-48(3)29-33(32-22-23-41-37(27-32)36-18-9-11-20-40(36)52(41)35-16-7-6-8-17-35)28-38-44-46(53(45(38)48)49(43,4)30-47)51(5)42-21-12-10-19-39(42)50-44/h6-24,27-29,31,42,45H,25-26,30H2,1-5H3. The number of nitrogens with zero attached hydrogens (tertiary/aromatic N) is 4. The molecule has 4 aliphatic carbocycles. The van der Waals surface area contributed by atoms with Gasteiger partial charge in [0.05, 0.1) is 34.4 Å². The number of benzene rings is 3.